The van der Waals surface area contributed by atoms with Gasteiger partial charge in [0.25, 0.3) is 0 Å². The normalized spacial score (nSPS) is 13.4. The summed E-state index contributed by atoms with van der Waals surface area (Å²) < 4.78 is 7.47. The van der Waals surface area contributed by atoms with Crippen molar-refractivity contribution in [2.45, 2.75) is 51.9 Å². The lowest BCUT2D eigenvalue weighted by Crippen LogP contribution is -2.22. The number of hydrogen-bond acceptors (Lipinski definition) is 4. The SMILES string of the molecule is Cc1cc(CC(O)C(=O)O)cc2cn(COCC[Si](C)(C)C)nc12. The number of aliphatic carboxylic acids is 1. The highest BCUT2D eigenvalue weighted by Crippen LogP contribution is 2.20. The Bertz CT molecular complexity index is 721. The van der Waals surface area contributed by atoms with Gasteiger partial charge >= 0.3 is 5.97 Å². The van der Waals surface area contributed by atoms with Crippen LogP contribution in [-0.4, -0.2) is 46.7 Å². The van der Waals surface area contributed by atoms with Gasteiger partial charge in [0, 0.05) is 32.7 Å². The minimum absolute atomic E-state index is 0.0873. The average molecular weight is 350 g/mol. The molecule has 0 saturated heterocycles. The summed E-state index contributed by atoms with van der Waals surface area (Å²) in [6, 6.07) is 4.86. The summed E-state index contributed by atoms with van der Waals surface area (Å²) in [6.45, 7) is 10.0. The van der Waals surface area contributed by atoms with Gasteiger partial charge in [-0.25, -0.2) is 9.48 Å². The molecular formula is C17H26N2O4Si. The number of carboxylic acids is 1. The number of nitrogens with zero attached hydrogens (tertiary/aromatic N) is 2. The van der Waals surface area contributed by atoms with E-state index in [0.29, 0.717) is 6.73 Å². The molecule has 0 aliphatic heterocycles. The Kier molecular flexibility index (Phi) is 5.79. The van der Waals surface area contributed by atoms with Crippen LogP contribution in [-0.2, 0) is 22.7 Å². The number of hydrogen-bond donors (Lipinski definition) is 2. The summed E-state index contributed by atoms with van der Waals surface area (Å²) in [6.07, 6.45) is 0.596. The minimum atomic E-state index is -1.39. The van der Waals surface area contributed by atoms with Crippen LogP contribution in [0, 0.1) is 6.92 Å². The molecule has 2 N–H and O–H groups in total. The first-order valence-corrected chi connectivity index (χ1v) is 11.8. The van der Waals surface area contributed by atoms with Crippen LogP contribution in [0.3, 0.4) is 0 Å². The first-order valence-electron chi connectivity index (χ1n) is 8.11. The quantitative estimate of drug-likeness (QED) is 0.565. The standard InChI is InChI=1S/C17H26N2O4Si/c1-12-7-13(9-15(20)17(21)22)8-14-10-19(18-16(12)14)11-23-5-6-24(2,3)4/h7-8,10,15,20H,5-6,9,11H2,1-4H3,(H,21,22). The molecule has 0 aliphatic carbocycles. The number of rotatable bonds is 8. The molecule has 0 radical (unpaired) electrons. The van der Waals surface area contributed by atoms with Crippen LogP contribution in [0.5, 0.6) is 0 Å². The number of aliphatic hydroxyl groups is 1. The molecule has 0 fully saturated rings. The lowest BCUT2D eigenvalue weighted by Gasteiger charge is -2.15. The molecule has 1 unspecified atom stereocenters. The fraction of sp³-hybridized carbons (Fsp3) is 0.529. The van der Waals surface area contributed by atoms with Crippen LogP contribution in [0.1, 0.15) is 11.1 Å². The Morgan fingerprint density at radius 1 is 1.38 bits per heavy atom. The number of aliphatic hydroxyl groups excluding tert-OH is 1. The number of aromatic nitrogens is 2. The van der Waals surface area contributed by atoms with Crippen LogP contribution in [0.2, 0.25) is 25.7 Å². The third-order valence-electron chi connectivity index (χ3n) is 3.84. The van der Waals surface area contributed by atoms with E-state index in [1.165, 1.54) is 0 Å². The predicted molar refractivity (Wildman–Crippen MR) is 95.9 cm³/mol. The molecule has 1 atom stereocenters. The highest BCUT2D eigenvalue weighted by Gasteiger charge is 2.15. The van der Waals surface area contributed by atoms with E-state index in [1.54, 1.807) is 4.68 Å². The van der Waals surface area contributed by atoms with Crippen molar-refractivity contribution in [3.63, 3.8) is 0 Å². The zero-order valence-electron chi connectivity index (χ0n) is 14.7. The summed E-state index contributed by atoms with van der Waals surface area (Å²) in [5.74, 6) is -1.21. The molecule has 1 aromatic heterocycles. The lowest BCUT2D eigenvalue weighted by molar-refractivity contribution is -0.146. The highest BCUT2D eigenvalue weighted by molar-refractivity contribution is 6.76. The van der Waals surface area contributed by atoms with E-state index in [0.717, 1.165) is 34.7 Å². The Morgan fingerprint density at radius 3 is 2.71 bits per heavy atom. The van der Waals surface area contributed by atoms with Crippen LogP contribution in [0.25, 0.3) is 10.9 Å². The van der Waals surface area contributed by atoms with E-state index in [1.807, 2.05) is 25.3 Å². The zero-order chi connectivity index (χ0) is 17.9. The largest absolute Gasteiger partial charge is 0.479 e. The van der Waals surface area contributed by atoms with E-state index in [9.17, 15) is 9.90 Å². The van der Waals surface area contributed by atoms with Gasteiger partial charge < -0.3 is 14.9 Å². The topological polar surface area (TPSA) is 84.6 Å². The molecule has 0 saturated carbocycles. The summed E-state index contributed by atoms with van der Waals surface area (Å²) in [4.78, 5) is 10.8. The molecular weight excluding hydrogens is 324 g/mol. The van der Waals surface area contributed by atoms with Gasteiger partial charge in [0.05, 0.1) is 5.52 Å². The van der Waals surface area contributed by atoms with Crippen molar-refractivity contribution in [2.75, 3.05) is 6.61 Å². The summed E-state index contributed by atoms with van der Waals surface area (Å²) in [5.41, 5.74) is 2.62. The predicted octanol–water partition coefficient (Wildman–Crippen LogP) is 2.65. The average Bonchev–Trinajstić information content (AvgIpc) is 2.86. The molecule has 0 amide bonds. The van der Waals surface area contributed by atoms with Gasteiger partial charge in [0.15, 0.2) is 6.10 Å². The van der Waals surface area contributed by atoms with Crippen molar-refractivity contribution in [3.05, 3.63) is 29.5 Å². The molecule has 7 heteroatoms. The molecule has 0 aliphatic rings. The monoisotopic (exact) mass is 350 g/mol. The number of benzene rings is 1. The van der Waals surface area contributed by atoms with Crippen molar-refractivity contribution in [1.29, 1.82) is 0 Å². The maximum atomic E-state index is 10.8. The van der Waals surface area contributed by atoms with Gasteiger partial charge in [-0.05, 0) is 30.2 Å². The molecule has 24 heavy (non-hydrogen) atoms. The maximum absolute atomic E-state index is 10.8. The Balaban J connectivity index is 2.07. The zero-order valence-corrected chi connectivity index (χ0v) is 15.7. The minimum Gasteiger partial charge on any atom is -0.479 e. The first kappa shape index (κ1) is 18.6. The number of ether oxygens (including phenoxy) is 1. The van der Waals surface area contributed by atoms with E-state index < -0.39 is 20.1 Å². The number of aryl methyl sites for hydroxylation is 1. The van der Waals surface area contributed by atoms with Crippen LogP contribution < -0.4 is 0 Å². The molecule has 2 rings (SSSR count). The van der Waals surface area contributed by atoms with Crippen LogP contribution in [0.15, 0.2) is 18.3 Å². The second kappa shape index (κ2) is 7.46. The van der Waals surface area contributed by atoms with Gasteiger partial charge in [-0.3, -0.25) is 0 Å². The third-order valence-corrected chi connectivity index (χ3v) is 5.54. The summed E-state index contributed by atoms with van der Waals surface area (Å²) in [7, 11) is -1.09. The van der Waals surface area contributed by atoms with Gasteiger partial charge in [0.2, 0.25) is 0 Å². The number of carboxylic acid groups (broad SMARTS) is 1. The Hall–Kier alpha value is -1.70. The Morgan fingerprint density at radius 2 is 2.08 bits per heavy atom. The van der Waals surface area contributed by atoms with Gasteiger partial charge in [0.1, 0.15) is 6.73 Å². The van der Waals surface area contributed by atoms with E-state index >= 15 is 0 Å². The van der Waals surface area contributed by atoms with Crippen molar-refractivity contribution in [2.24, 2.45) is 0 Å². The van der Waals surface area contributed by atoms with Crippen molar-refractivity contribution >= 4 is 24.9 Å². The molecule has 0 spiro atoms. The summed E-state index contributed by atoms with van der Waals surface area (Å²) >= 11 is 0. The van der Waals surface area contributed by atoms with Gasteiger partial charge in [-0.1, -0.05) is 25.7 Å². The number of carbonyl (C=O) groups is 1. The summed E-state index contributed by atoms with van der Waals surface area (Å²) in [5, 5.41) is 23.8. The van der Waals surface area contributed by atoms with Gasteiger partial charge in [-0.15, -0.1) is 0 Å². The van der Waals surface area contributed by atoms with Gasteiger partial charge in [-0.2, -0.15) is 5.10 Å². The highest BCUT2D eigenvalue weighted by atomic mass is 28.3. The van der Waals surface area contributed by atoms with E-state index in [4.69, 9.17) is 9.84 Å². The molecule has 1 heterocycles. The molecule has 132 valence electrons. The second-order valence-corrected chi connectivity index (χ2v) is 13.0. The smallest absolute Gasteiger partial charge is 0.332 e. The second-order valence-electron chi connectivity index (χ2n) is 7.43. The molecule has 6 nitrogen and oxygen atoms in total. The van der Waals surface area contributed by atoms with E-state index in [-0.39, 0.29) is 6.42 Å². The lowest BCUT2D eigenvalue weighted by atomic mass is 10.0. The molecule has 2 aromatic rings. The van der Waals surface area contributed by atoms with Crippen molar-refractivity contribution in [1.82, 2.24) is 9.78 Å². The number of fused-ring (bicyclic) bond motifs is 1. The molecule has 1 aromatic carbocycles. The first-order chi connectivity index (χ1) is 11.2. The maximum Gasteiger partial charge on any atom is 0.332 e. The van der Waals surface area contributed by atoms with Crippen molar-refractivity contribution in [3.8, 4) is 0 Å². The van der Waals surface area contributed by atoms with Crippen LogP contribution >= 0.6 is 0 Å². The van der Waals surface area contributed by atoms with E-state index in [2.05, 4.69) is 24.7 Å². The third kappa shape index (κ3) is 5.15. The Labute approximate surface area is 143 Å². The molecule has 0 bridgehead atoms. The fourth-order valence-electron chi connectivity index (χ4n) is 2.47. The van der Waals surface area contributed by atoms with Crippen molar-refractivity contribution < 1.29 is 19.7 Å². The fourth-order valence-corrected chi connectivity index (χ4v) is 3.22. The van der Waals surface area contributed by atoms with Crippen LogP contribution in [0.4, 0.5) is 0 Å².